The van der Waals surface area contributed by atoms with Crippen molar-refractivity contribution in [2.24, 2.45) is 5.92 Å². The highest BCUT2D eigenvalue weighted by Crippen LogP contribution is 2.19. The van der Waals surface area contributed by atoms with Crippen molar-refractivity contribution in [1.82, 2.24) is 9.62 Å². The molecule has 1 rings (SSSR count). The zero-order valence-electron chi connectivity index (χ0n) is 12.2. The van der Waals surface area contributed by atoms with Crippen LogP contribution in [0.4, 0.5) is 0 Å². The van der Waals surface area contributed by atoms with Crippen LogP contribution in [-0.2, 0) is 14.8 Å². The van der Waals surface area contributed by atoms with Gasteiger partial charge in [0.2, 0.25) is 10.0 Å². The molecule has 0 aromatic carbocycles. The molecular formula is C13H28N2O3S. The number of hydrogen-bond acceptors (Lipinski definition) is 4. The van der Waals surface area contributed by atoms with Crippen LogP contribution in [0.25, 0.3) is 0 Å². The van der Waals surface area contributed by atoms with Gasteiger partial charge in [-0.3, -0.25) is 0 Å². The molecule has 6 heteroatoms. The van der Waals surface area contributed by atoms with Gasteiger partial charge < -0.3 is 10.1 Å². The van der Waals surface area contributed by atoms with Gasteiger partial charge in [-0.2, -0.15) is 0 Å². The fourth-order valence-electron chi connectivity index (χ4n) is 2.44. The first-order valence-electron chi connectivity index (χ1n) is 7.27. The Balaban J connectivity index is 2.39. The second-order valence-corrected chi connectivity index (χ2v) is 7.32. The first kappa shape index (κ1) is 16.9. The number of ether oxygens (including phenoxy) is 1. The van der Waals surface area contributed by atoms with E-state index in [1.807, 2.05) is 0 Å². The molecule has 0 radical (unpaired) electrons. The first-order chi connectivity index (χ1) is 9.10. The maximum absolute atomic E-state index is 12.2. The number of sulfonamides is 1. The predicted octanol–water partition coefficient (Wildman–Crippen LogP) is 1.06. The molecule has 0 spiro atoms. The lowest BCUT2D eigenvalue weighted by atomic mass is 10.00. The van der Waals surface area contributed by atoms with Gasteiger partial charge in [0.15, 0.2) is 0 Å². The summed E-state index contributed by atoms with van der Waals surface area (Å²) in [6, 6.07) is 0. The van der Waals surface area contributed by atoms with Crippen LogP contribution in [0.5, 0.6) is 0 Å². The first-order valence-corrected chi connectivity index (χ1v) is 8.88. The molecule has 1 atom stereocenters. The molecule has 0 saturated carbocycles. The van der Waals surface area contributed by atoms with Crippen LogP contribution in [0, 0.1) is 5.92 Å². The monoisotopic (exact) mass is 292 g/mol. The van der Waals surface area contributed by atoms with E-state index < -0.39 is 10.0 Å². The van der Waals surface area contributed by atoms with Gasteiger partial charge in [0, 0.05) is 26.8 Å². The van der Waals surface area contributed by atoms with Crippen molar-refractivity contribution in [2.45, 2.75) is 32.6 Å². The van der Waals surface area contributed by atoms with Crippen molar-refractivity contribution in [3.05, 3.63) is 0 Å². The number of methoxy groups -OCH3 is 1. The zero-order valence-corrected chi connectivity index (χ0v) is 13.0. The Hall–Kier alpha value is -0.170. The lowest BCUT2D eigenvalue weighted by Gasteiger charge is -2.32. The Morgan fingerprint density at radius 3 is 2.89 bits per heavy atom. The Morgan fingerprint density at radius 1 is 1.42 bits per heavy atom. The summed E-state index contributed by atoms with van der Waals surface area (Å²) in [6.45, 7) is 5.94. The van der Waals surface area contributed by atoms with Crippen LogP contribution >= 0.6 is 0 Å². The quantitative estimate of drug-likeness (QED) is 0.646. The molecule has 114 valence electrons. The van der Waals surface area contributed by atoms with E-state index in [0.29, 0.717) is 32.0 Å². The van der Waals surface area contributed by atoms with E-state index in [-0.39, 0.29) is 5.75 Å². The van der Waals surface area contributed by atoms with Crippen LogP contribution in [0.3, 0.4) is 0 Å². The van der Waals surface area contributed by atoms with Crippen molar-refractivity contribution in [1.29, 1.82) is 0 Å². The SMILES string of the molecule is CCCNCC1CCCN(S(=O)(=O)CCCOC)C1. The van der Waals surface area contributed by atoms with Gasteiger partial charge in [0.1, 0.15) is 0 Å². The topological polar surface area (TPSA) is 58.6 Å². The second kappa shape index (κ2) is 8.89. The molecule has 0 aromatic heterocycles. The van der Waals surface area contributed by atoms with E-state index in [1.165, 1.54) is 0 Å². The summed E-state index contributed by atoms with van der Waals surface area (Å²) in [7, 11) is -1.49. The third-order valence-electron chi connectivity index (χ3n) is 3.49. The molecule has 5 nitrogen and oxygen atoms in total. The molecule has 0 amide bonds. The van der Waals surface area contributed by atoms with Gasteiger partial charge in [-0.05, 0) is 44.7 Å². The fraction of sp³-hybridized carbons (Fsp3) is 1.00. The zero-order chi connectivity index (χ0) is 14.1. The third kappa shape index (κ3) is 6.21. The standard InChI is InChI=1S/C13H28N2O3S/c1-3-7-14-11-13-6-4-8-15(12-13)19(16,17)10-5-9-18-2/h13-14H,3-12H2,1-2H3. The smallest absolute Gasteiger partial charge is 0.214 e. The maximum atomic E-state index is 12.2. The largest absolute Gasteiger partial charge is 0.385 e. The van der Waals surface area contributed by atoms with Crippen LogP contribution in [0.1, 0.15) is 32.6 Å². The Bertz CT molecular complexity index is 333. The van der Waals surface area contributed by atoms with E-state index in [1.54, 1.807) is 11.4 Å². The average Bonchev–Trinajstić information content (AvgIpc) is 2.40. The van der Waals surface area contributed by atoms with Gasteiger partial charge in [0.05, 0.1) is 5.75 Å². The lowest BCUT2D eigenvalue weighted by Crippen LogP contribution is -2.43. The summed E-state index contributed by atoms with van der Waals surface area (Å²) in [6.07, 6.45) is 3.79. The van der Waals surface area contributed by atoms with Gasteiger partial charge in [-0.25, -0.2) is 12.7 Å². The third-order valence-corrected chi connectivity index (χ3v) is 5.41. The van der Waals surface area contributed by atoms with E-state index in [4.69, 9.17) is 4.74 Å². The number of rotatable bonds is 9. The Kier molecular flexibility index (Phi) is 7.90. The molecule has 1 aliphatic rings. The highest BCUT2D eigenvalue weighted by atomic mass is 32.2. The van der Waals surface area contributed by atoms with Crippen molar-refractivity contribution in [3.8, 4) is 0 Å². The Labute approximate surface area is 117 Å². The van der Waals surface area contributed by atoms with Crippen LogP contribution in [0.2, 0.25) is 0 Å². The summed E-state index contributed by atoms with van der Waals surface area (Å²) in [5.74, 6) is 0.660. The molecule has 1 N–H and O–H groups in total. The number of hydrogen-bond donors (Lipinski definition) is 1. The molecule has 0 aromatic rings. The Morgan fingerprint density at radius 2 is 2.21 bits per heavy atom. The number of nitrogens with one attached hydrogen (secondary N) is 1. The second-order valence-electron chi connectivity index (χ2n) is 5.23. The van der Waals surface area contributed by atoms with Crippen molar-refractivity contribution >= 4 is 10.0 Å². The molecule has 0 bridgehead atoms. The maximum Gasteiger partial charge on any atom is 0.214 e. The van der Waals surface area contributed by atoms with E-state index in [2.05, 4.69) is 12.2 Å². The van der Waals surface area contributed by atoms with Crippen molar-refractivity contribution < 1.29 is 13.2 Å². The molecular weight excluding hydrogens is 264 g/mol. The van der Waals surface area contributed by atoms with E-state index in [9.17, 15) is 8.42 Å². The van der Waals surface area contributed by atoms with Crippen LogP contribution < -0.4 is 5.32 Å². The summed E-state index contributed by atoms with van der Waals surface area (Å²) in [5, 5.41) is 3.39. The normalized spacial score (nSPS) is 21.7. The molecule has 1 unspecified atom stereocenters. The molecule has 1 heterocycles. The average molecular weight is 292 g/mol. The minimum atomic E-state index is -3.09. The van der Waals surface area contributed by atoms with Crippen molar-refractivity contribution in [3.63, 3.8) is 0 Å². The van der Waals surface area contributed by atoms with E-state index >= 15 is 0 Å². The van der Waals surface area contributed by atoms with Crippen molar-refractivity contribution in [2.75, 3.05) is 45.6 Å². The summed E-state index contributed by atoms with van der Waals surface area (Å²) in [4.78, 5) is 0. The summed E-state index contributed by atoms with van der Waals surface area (Å²) >= 11 is 0. The van der Waals surface area contributed by atoms with Crippen LogP contribution in [0.15, 0.2) is 0 Å². The highest BCUT2D eigenvalue weighted by molar-refractivity contribution is 7.89. The molecule has 0 aliphatic carbocycles. The minimum absolute atomic E-state index is 0.204. The minimum Gasteiger partial charge on any atom is -0.385 e. The molecule has 1 saturated heterocycles. The fourth-order valence-corrected chi connectivity index (χ4v) is 4.03. The lowest BCUT2D eigenvalue weighted by molar-refractivity contribution is 0.198. The van der Waals surface area contributed by atoms with Gasteiger partial charge in [-0.15, -0.1) is 0 Å². The number of piperidine rings is 1. The summed E-state index contributed by atoms with van der Waals surface area (Å²) in [5.41, 5.74) is 0. The molecule has 19 heavy (non-hydrogen) atoms. The van der Waals surface area contributed by atoms with Gasteiger partial charge >= 0.3 is 0 Å². The highest BCUT2D eigenvalue weighted by Gasteiger charge is 2.28. The molecule has 1 fully saturated rings. The van der Waals surface area contributed by atoms with Gasteiger partial charge in [0.25, 0.3) is 0 Å². The molecule has 1 aliphatic heterocycles. The summed E-state index contributed by atoms with van der Waals surface area (Å²) < 4.78 is 31.0. The van der Waals surface area contributed by atoms with E-state index in [0.717, 1.165) is 32.4 Å². The predicted molar refractivity (Wildman–Crippen MR) is 77.7 cm³/mol. The van der Waals surface area contributed by atoms with Crippen LogP contribution in [-0.4, -0.2) is 58.4 Å². The number of nitrogens with zero attached hydrogens (tertiary/aromatic N) is 1. The van der Waals surface area contributed by atoms with Gasteiger partial charge in [-0.1, -0.05) is 6.92 Å².